The van der Waals surface area contributed by atoms with Gasteiger partial charge in [0.05, 0.1) is 27.9 Å². The molecule has 0 aliphatic carbocycles. The van der Waals surface area contributed by atoms with E-state index in [-0.39, 0.29) is 10.8 Å². The summed E-state index contributed by atoms with van der Waals surface area (Å²) >= 11 is 0. The maximum atomic E-state index is 4.87. The van der Waals surface area contributed by atoms with Crippen molar-refractivity contribution < 1.29 is 0 Å². The summed E-state index contributed by atoms with van der Waals surface area (Å²) in [5, 5.41) is 1.03. The molecule has 1 aromatic carbocycles. The van der Waals surface area contributed by atoms with Crippen LogP contribution in [0.25, 0.3) is 21.9 Å². The average molecular weight is 371 g/mol. The highest BCUT2D eigenvalue weighted by Gasteiger charge is 2.30. The molecule has 0 amide bonds. The lowest BCUT2D eigenvalue weighted by atomic mass is 9.75. The topological polar surface area (TPSA) is 64.5 Å². The van der Waals surface area contributed by atoms with Gasteiger partial charge in [0.25, 0.3) is 0 Å². The summed E-state index contributed by atoms with van der Waals surface area (Å²) in [6.07, 6.45) is 9.15. The molecule has 0 spiro atoms. The summed E-state index contributed by atoms with van der Waals surface area (Å²) in [7, 11) is 0. The molecule has 0 atom stereocenters. The normalized spacial score (nSPS) is 12.6. The van der Waals surface area contributed by atoms with Crippen LogP contribution in [0.4, 0.5) is 0 Å². The third-order valence-corrected chi connectivity index (χ3v) is 5.59. The third-order valence-electron chi connectivity index (χ3n) is 5.59. The molecular formula is C23H25N5. The minimum atomic E-state index is -0.105. The van der Waals surface area contributed by atoms with Gasteiger partial charge in [-0.05, 0) is 31.0 Å². The molecule has 0 aliphatic rings. The Balaban J connectivity index is 1.60. The minimum absolute atomic E-state index is 0.0879. The van der Waals surface area contributed by atoms with E-state index in [1.54, 1.807) is 6.33 Å². The molecule has 4 aromatic rings. The lowest BCUT2D eigenvalue weighted by Gasteiger charge is -2.31. The van der Waals surface area contributed by atoms with E-state index in [9.17, 15) is 0 Å². The predicted molar refractivity (Wildman–Crippen MR) is 112 cm³/mol. The molecule has 0 unspecified atom stereocenters. The fourth-order valence-corrected chi connectivity index (χ4v) is 3.60. The lowest BCUT2D eigenvalue weighted by molar-refractivity contribution is 0.365. The molecule has 4 rings (SSSR count). The van der Waals surface area contributed by atoms with E-state index >= 15 is 0 Å². The second-order valence-corrected chi connectivity index (χ2v) is 8.63. The van der Waals surface area contributed by atoms with Crippen molar-refractivity contribution in [3.63, 3.8) is 0 Å². The molecule has 3 aromatic heterocycles. The van der Waals surface area contributed by atoms with Gasteiger partial charge < -0.3 is 0 Å². The average Bonchev–Trinajstić information content (AvgIpc) is 2.71. The summed E-state index contributed by atoms with van der Waals surface area (Å²) in [6.45, 7) is 8.96. The largest absolute Gasteiger partial charge is 0.260 e. The van der Waals surface area contributed by atoms with Crippen molar-refractivity contribution >= 4 is 21.9 Å². The van der Waals surface area contributed by atoms with Crippen LogP contribution in [0.3, 0.4) is 0 Å². The summed E-state index contributed by atoms with van der Waals surface area (Å²) in [4.78, 5) is 22.7. The Kier molecular flexibility index (Phi) is 4.53. The van der Waals surface area contributed by atoms with E-state index in [2.05, 4.69) is 47.6 Å². The van der Waals surface area contributed by atoms with Crippen LogP contribution in [-0.2, 0) is 10.8 Å². The molecule has 0 radical (unpaired) electrons. The zero-order chi connectivity index (χ0) is 19.8. The lowest BCUT2D eigenvalue weighted by Crippen LogP contribution is -2.26. The molecule has 142 valence electrons. The number of hydrogen-bond donors (Lipinski definition) is 0. The van der Waals surface area contributed by atoms with Crippen molar-refractivity contribution in [1.29, 1.82) is 0 Å². The van der Waals surface area contributed by atoms with E-state index in [1.165, 1.54) is 0 Å². The van der Waals surface area contributed by atoms with E-state index in [4.69, 9.17) is 4.98 Å². The monoisotopic (exact) mass is 371 g/mol. The van der Waals surface area contributed by atoms with Crippen molar-refractivity contribution in [2.24, 2.45) is 0 Å². The molecule has 5 nitrogen and oxygen atoms in total. The first-order valence-corrected chi connectivity index (χ1v) is 9.64. The van der Waals surface area contributed by atoms with Crippen molar-refractivity contribution in [3.8, 4) is 0 Å². The Hall–Kier alpha value is -2.95. The van der Waals surface area contributed by atoms with Gasteiger partial charge in [-0.15, -0.1) is 0 Å². The molecule has 0 fully saturated rings. The van der Waals surface area contributed by atoms with Gasteiger partial charge in [-0.25, -0.2) is 15.0 Å². The number of rotatable bonds is 5. The number of benzene rings is 1. The van der Waals surface area contributed by atoms with Crippen LogP contribution in [0.5, 0.6) is 0 Å². The standard InChI is InChI=1S/C23H25N5/c1-22(2,20-14-26-18-7-5-6-8-19(18)28-20)10-11-23(3,4)21-16-13-24-15-27-17(16)9-12-25-21/h5-9,12-15H,10-11H2,1-4H3. The number of fused-ring (bicyclic) bond motifs is 2. The fraction of sp³-hybridized carbons (Fsp3) is 0.348. The van der Waals surface area contributed by atoms with Gasteiger partial charge >= 0.3 is 0 Å². The molecule has 5 heteroatoms. The Morgan fingerprint density at radius 3 is 2.32 bits per heavy atom. The first-order valence-electron chi connectivity index (χ1n) is 9.64. The quantitative estimate of drug-likeness (QED) is 0.494. The van der Waals surface area contributed by atoms with E-state index < -0.39 is 0 Å². The van der Waals surface area contributed by atoms with Crippen molar-refractivity contribution in [3.05, 3.63) is 66.6 Å². The molecule has 0 bridgehead atoms. The van der Waals surface area contributed by atoms with Gasteiger partial charge in [0, 0.05) is 34.8 Å². The van der Waals surface area contributed by atoms with Crippen LogP contribution in [0, 0.1) is 0 Å². The van der Waals surface area contributed by atoms with Crippen LogP contribution in [0.2, 0.25) is 0 Å². The zero-order valence-corrected chi connectivity index (χ0v) is 16.8. The molecule has 0 saturated heterocycles. The van der Waals surface area contributed by atoms with Crippen molar-refractivity contribution in [2.75, 3.05) is 0 Å². The van der Waals surface area contributed by atoms with Crippen LogP contribution < -0.4 is 0 Å². The second kappa shape index (κ2) is 6.89. The van der Waals surface area contributed by atoms with E-state index in [0.717, 1.165) is 46.2 Å². The molecule has 0 saturated carbocycles. The van der Waals surface area contributed by atoms with Gasteiger partial charge in [-0.3, -0.25) is 9.97 Å². The summed E-state index contributed by atoms with van der Waals surface area (Å²) in [5.41, 5.74) is 4.69. The van der Waals surface area contributed by atoms with Crippen LogP contribution in [-0.4, -0.2) is 24.9 Å². The number of hydrogen-bond acceptors (Lipinski definition) is 5. The Morgan fingerprint density at radius 1 is 0.750 bits per heavy atom. The van der Waals surface area contributed by atoms with Gasteiger partial charge in [0.2, 0.25) is 0 Å². The van der Waals surface area contributed by atoms with E-state index in [1.807, 2.05) is 48.9 Å². The van der Waals surface area contributed by atoms with Gasteiger partial charge in [-0.2, -0.15) is 0 Å². The summed E-state index contributed by atoms with van der Waals surface area (Å²) in [5.74, 6) is 0. The van der Waals surface area contributed by atoms with Gasteiger partial charge in [-0.1, -0.05) is 39.8 Å². The SMILES string of the molecule is CC(C)(CCC(C)(C)c1nccc2ncncc12)c1cnc2ccccc2n1. The second-order valence-electron chi connectivity index (χ2n) is 8.63. The first-order chi connectivity index (χ1) is 13.4. The van der Waals surface area contributed by atoms with E-state index in [0.29, 0.717) is 0 Å². The number of pyridine rings is 1. The smallest absolute Gasteiger partial charge is 0.116 e. The highest BCUT2D eigenvalue weighted by Crippen LogP contribution is 2.36. The highest BCUT2D eigenvalue weighted by molar-refractivity contribution is 5.80. The maximum Gasteiger partial charge on any atom is 0.116 e. The number of para-hydroxylation sites is 2. The first kappa shape index (κ1) is 18.4. The maximum absolute atomic E-state index is 4.87. The van der Waals surface area contributed by atoms with Crippen LogP contribution in [0.1, 0.15) is 51.9 Å². The molecule has 0 N–H and O–H groups in total. The van der Waals surface area contributed by atoms with Crippen molar-refractivity contribution in [1.82, 2.24) is 24.9 Å². The fourth-order valence-electron chi connectivity index (χ4n) is 3.60. The summed E-state index contributed by atoms with van der Waals surface area (Å²) < 4.78 is 0. The van der Waals surface area contributed by atoms with Crippen LogP contribution in [0.15, 0.2) is 55.2 Å². The third kappa shape index (κ3) is 3.44. The zero-order valence-electron chi connectivity index (χ0n) is 16.8. The number of nitrogens with zero attached hydrogens (tertiary/aromatic N) is 5. The number of aromatic nitrogens is 5. The predicted octanol–water partition coefficient (Wildman–Crippen LogP) is 5.00. The molecular weight excluding hydrogens is 346 g/mol. The summed E-state index contributed by atoms with van der Waals surface area (Å²) in [6, 6.07) is 9.95. The van der Waals surface area contributed by atoms with Gasteiger partial charge in [0.1, 0.15) is 6.33 Å². The van der Waals surface area contributed by atoms with Crippen LogP contribution >= 0.6 is 0 Å². The van der Waals surface area contributed by atoms with Crippen molar-refractivity contribution in [2.45, 2.75) is 51.4 Å². The Labute approximate surface area is 165 Å². The Morgan fingerprint density at radius 2 is 1.50 bits per heavy atom. The van der Waals surface area contributed by atoms with Gasteiger partial charge in [0.15, 0.2) is 0 Å². The Bertz CT molecular complexity index is 1130. The molecule has 28 heavy (non-hydrogen) atoms. The minimum Gasteiger partial charge on any atom is -0.260 e. The molecule has 3 heterocycles. The highest BCUT2D eigenvalue weighted by atomic mass is 14.8. The molecule has 0 aliphatic heterocycles.